The van der Waals surface area contributed by atoms with E-state index in [9.17, 15) is 9.18 Å². The van der Waals surface area contributed by atoms with Crippen molar-refractivity contribution in [2.24, 2.45) is 0 Å². The van der Waals surface area contributed by atoms with E-state index in [1.54, 1.807) is 12.1 Å². The molecule has 4 rings (SSSR count). The molecular weight excluding hydrogens is 417 g/mol. The van der Waals surface area contributed by atoms with Gasteiger partial charge in [-0.15, -0.1) is 0 Å². The standard InChI is InChI=1S/C27H28FN3O2/c1-19-13-14-20(2)25(17-19)33-16-8-7-15-31-24-12-6-5-11-23(24)30-26(31)18-29-27(32)21-9-3-4-10-22(21)28/h3-6,9-14,17H,7-8,15-16,18H2,1-2H3,(H,29,32). The average molecular weight is 446 g/mol. The SMILES string of the molecule is Cc1ccc(C)c(OCCCCn2c(CNC(=O)c3ccccc3F)nc3ccccc32)c1. The van der Waals surface area contributed by atoms with Crippen LogP contribution in [0.3, 0.4) is 0 Å². The Morgan fingerprint density at radius 1 is 1.03 bits per heavy atom. The van der Waals surface area contributed by atoms with Crippen LogP contribution in [-0.2, 0) is 13.1 Å². The van der Waals surface area contributed by atoms with Crippen LogP contribution in [0.2, 0.25) is 0 Å². The minimum Gasteiger partial charge on any atom is -0.493 e. The highest BCUT2D eigenvalue weighted by atomic mass is 19.1. The number of ether oxygens (including phenoxy) is 1. The van der Waals surface area contributed by atoms with E-state index in [4.69, 9.17) is 9.72 Å². The molecule has 1 aromatic heterocycles. The van der Waals surface area contributed by atoms with Gasteiger partial charge in [-0.05, 0) is 68.1 Å². The maximum atomic E-state index is 13.9. The molecule has 0 atom stereocenters. The summed E-state index contributed by atoms with van der Waals surface area (Å²) in [7, 11) is 0. The zero-order valence-electron chi connectivity index (χ0n) is 19.0. The van der Waals surface area contributed by atoms with E-state index < -0.39 is 11.7 Å². The average Bonchev–Trinajstić information content (AvgIpc) is 3.17. The van der Waals surface area contributed by atoms with E-state index in [0.29, 0.717) is 6.61 Å². The maximum absolute atomic E-state index is 13.9. The molecule has 1 N–H and O–H groups in total. The second-order valence-electron chi connectivity index (χ2n) is 8.16. The molecule has 3 aromatic carbocycles. The van der Waals surface area contributed by atoms with Gasteiger partial charge >= 0.3 is 0 Å². The monoisotopic (exact) mass is 445 g/mol. The fourth-order valence-corrected chi connectivity index (χ4v) is 3.83. The Balaban J connectivity index is 1.39. The van der Waals surface area contributed by atoms with Crippen molar-refractivity contribution in [2.75, 3.05) is 6.61 Å². The zero-order valence-corrected chi connectivity index (χ0v) is 19.0. The summed E-state index contributed by atoms with van der Waals surface area (Å²) >= 11 is 0. The number of nitrogens with zero attached hydrogens (tertiary/aromatic N) is 2. The molecule has 1 heterocycles. The van der Waals surface area contributed by atoms with Gasteiger partial charge in [0.1, 0.15) is 17.4 Å². The molecule has 0 fully saturated rings. The second-order valence-corrected chi connectivity index (χ2v) is 8.16. The van der Waals surface area contributed by atoms with Gasteiger partial charge in [0.25, 0.3) is 5.91 Å². The lowest BCUT2D eigenvalue weighted by atomic mass is 10.1. The minimum absolute atomic E-state index is 0.0313. The summed E-state index contributed by atoms with van der Waals surface area (Å²) in [5, 5.41) is 2.81. The Morgan fingerprint density at radius 2 is 1.82 bits per heavy atom. The van der Waals surface area contributed by atoms with E-state index >= 15 is 0 Å². The number of benzene rings is 3. The third-order valence-corrected chi connectivity index (χ3v) is 5.64. The lowest BCUT2D eigenvalue weighted by molar-refractivity contribution is 0.0945. The number of carbonyl (C=O) groups excluding carboxylic acids is 1. The van der Waals surface area contributed by atoms with Gasteiger partial charge in [0.2, 0.25) is 0 Å². The first-order valence-electron chi connectivity index (χ1n) is 11.2. The first-order valence-corrected chi connectivity index (χ1v) is 11.2. The molecule has 0 aliphatic carbocycles. The molecule has 0 bridgehead atoms. The molecule has 170 valence electrons. The molecule has 0 aliphatic heterocycles. The fourth-order valence-electron chi connectivity index (χ4n) is 3.83. The number of aryl methyl sites for hydroxylation is 3. The summed E-state index contributed by atoms with van der Waals surface area (Å²) in [5.41, 5.74) is 4.24. The molecule has 0 spiro atoms. The number of fused-ring (bicyclic) bond motifs is 1. The normalized spacial score (nSPS) is 11.0. The van der Waals surface area contributed by atoms with E-state index in [1.165, 1.54) is 17.7 Å². The predicted molar refractivity (Wildman–Crippen MR) is 128 cm³/mol. The van der Waals surface area contributed by atoms with Gasteiger partial charge in [-0.3, -0.25) is 4.79 Å². The number of amides is 1. The van der Waals surface area contributed by atoms with Crippen molar-refractivity contribution in [3.05, 3.63) is 95.1 Å². The van der Waals surface area contributed by atoms with Crippen LogP contribution < -0.4 is 10.1 Å². The van der Waals surface area contributed by atoms with Crippen LogP contribution in [0, 0.1) is 19.7 Å². The number of halogens is 1. The smallest absolute Gasteiger partial charge is 0.254 e. The number of hydrogen-bond acceptors (Lipinski definition) is 3. The molecule has 0 aliphatic rings. The van der Waals surface area contributed by atoms with Gasteiger partial charge in [0.15, 0.2) is 0 Å². The van der Waals surface area contributed by atoms with Gasteiger partial charge in [0, 0.05) is 6.54 Å². The predicted octanol–water partition coefficient (Wildman–Crippen LogP) is 5.58. The van der Waals surface area contributed by atoms with Crippen molar-refractivity contribution < 1.29 is 13.9 Å². The number of para-hydroxylation sites is 2. The highest BCUT2D eigenvalue weighted by Gasteiger charge is 2.14. The van der Waals surface area contributed by atoms with Gasteiger partial charge in [-0.25, -0.2) is 9.37 Å². The highest BCUT2D eigenvalue weighted by Crippen LogP contribution is 2.20. The summed E-state index contributed by atoms with van der Waals surface area (Å²) in [4.78, 5) is 17.1. The van der Waals surface area contributed by atoms with Crippen LogP contribution in [0.15, 0.2) is 66.7 Å². The van der Waals surface area contributed by atoms with Gasteiger partial charge in [-0.2, -0.15) is 0 Å². The first kappa shape index (κ1) is 22.5. The Morgan fingerprint density at radius 3 is 2.67 bits per heavy atom. The topological polar surface area (TPSA) is 56.1 Å². The number of rotatable bonds is 9. The van der Waals surface area contributed by atoms with Crippen molar-refractivity contribution in [3.63, 3.8) is 0 Å². The molecule has 4 aromatic rings. The van der Waals surface area contributed by atoms with E-state index in [2.05, 4.69) is 35.0 Å². The Kier molecular flexibility index (Phi) is 7.03. The number of carbonyl (C=O) groups is 1. The molecule has 0 saturated carbocycles. The van der Waals surface area contributed by atoms with Crippen molar-refractivity contribution in [3.8, 4) is 5.75 Å². The fraction of sp³-hybridized carbons (Fsp3) is 0.259. The van der Waals surface area contributed by atoms with Crippen molar-refractivity contribution in [1.29, 1.82) is 0 Å². The molecule has 33 heavy (non-hydrogen) atoms. The third-order valence-electron chi connectivity index (χ3n) is 5.64. The van der Waals surface area contributed by atoms with Crippen LogP contribution in [0.1, 0.15) is 40.2 Å². The largest absolute Gasteiger partial charge is 0.493 e. The number of unbranched alkanes of at least 4 members (excludes halogenated alkanes) is 1. The molecule has 5 nitrogen and oxygen atoms in total. The first-order chi connectivity index (χ1) is 16.0. The zero-order chi connectivity index (χ0) is 23.2. The van der Waals surface area contributed by atoms with Crippen LogP contribution in [-0.4, -0.2) is 22.1 Å². The Labute approximate surface area is 193 Å². The highest BCUT2D eigenvalue weighted by molar-refractivity contribution is 5.94. The lowest BCUT2D eigenvalue weighted by Crippen LogP contribution is -2.25. The van der Waals surface area contributed by atoms with Gasteiger partial charge in [-0.1, -0.05) is 36.4 Å². The Bertz CT molecular complexity index is 1270. The summed E-state index contributed by atoms with van der Waals surface area (Å²) in [6, 6.07) is 20.1. The number of imidazole rings is 1. The molecule has 0 unspecified atom stereocenters. The minimum atomic E-state index is -0.535. The van der Waals surface area contributed by atoms with Crippen molar-refractivity contribution >= 4 is 16.9 Å². The molecule has 0 saturated heterocycles. The Hall–Kier alpha value is -3.67. The van der Waals surface area contributed by atoms with Crippen molar-refractivity contribution in [2.45, 2.75) is 39.8 Å². The molecule has 0 radical (unpaired) electrons. The van der Waals surface area contributed by atoms with E-state index in [1.807, 2.05) is 31.2 Å². The lowest BCUT2D eigenvalue weighted by Gasteiger charge is -2.12. The van der Waals surface area contributed by atoms with Crippen LogP contribution in [0.25, 0.3) is 11.0 Å². The number of aromatic nitrogens is 2. The summed E-state index contributed by atoms with van der Waals surface area (Å²) < 4.78 is 22.0. The van der Waals surface area contributed by atoms with Crippen LogP contribution >= 0.6 is 0 Å². The van der Waals surface area contributed by atoms with Gasteiger partial charge < -0.3 is 14.6 Å². The van der Waals surface area contributed by atoms with Crippen LogP contribution in [0.4, 0.5) is 4.39 Å². The van der Waals surface area contributed by atoms with Crippen molar-refractivity contribution in [1.82, 2.24) is 14.9 Å². The second kappa shape index (κ2) is 10.3. The van der Waals surface area contributed by atoms with Gasteiger partial charge in [0.05, 0.1) is 29.7 Å². The summed E-state index contributed by atoms with van der Waals surface area (Å²) in [6.45, 7) is 5.72. The third kappa shape index (κ3) is 5.40. The maximum Gasteiger partial charge on any atom is 0.254 e. The van der Waals surface area contributed by atoms with E-state index in [0.717, 1.165) is 47.6 Å². The number of hydrogen-bond donors (Lipinski definition) is 1. The molecule has 1 amide bonds. The van der Waals surface area contributed by atoms with Crippen LogP contribution in [0.5, 0.6) is 5.75 Å². The molecule has 6 heteroatoms. The van der Waals surface area contributed by atoms with E-state index in [-0.39, 0.29) is 12.1 Å². The number of nitrogens with one attached hydrogen (secondary N) is 1. The summed E-state index contributed by atoms with van der Waals surface area (Å²) in [5.74, 6) is 0.692. The quantitative estimate of drug-likeness (QED) is 0.342. The molecular formula is C27H28FN3O2. The summed E-state index contributed by atoms with van der Waals surface area (Å²) in [6.07, 6.45) is 1.79.